The van der Waals surface area contributed by atoms with Crippen LogP contribution in [-0.4, -0.2) is 43.0 Å². The summed E-state index contributed by atoms with van der Waals surface area (Å²) in [7, 11) is 3.19. The van der Waals surface area contributed by atoms with Crippen molar-refractivity contribution < 1.29 is 13.2 Å². The summed E-state index contributed by atoms with van der Waals surface area (Å²) in [6.07, 6.45) is 2.89. The van der Waals surface area contributed by atoms with Gasteiger partial charge in [-0.2, -0.15) is 5.10 Å². The van der Waals surface area contributed by atoms with Crippen molar-refractivity contribution >= 4 is 25.6 Å². The topological polar surface area (TPSA) is 83.1 Å². The highest BCUT2D eigenvalue weighted by Crippen LogP contribution is 2.43. The summed E-state index contributed by atoms with van der Waals surface area (Å²) in [5, 5.41) is 6.63. The molecule has 0 aliphatic heterocycles. The maximum absolute atomic E-state index is 12.5. The van der Waals surface area contributed by atoms with Crippen LogP contribution in [0.25, 0.3) is 0 Å². The second-order valence-corrected chi connectivity index (χ2v) is 8.69. The van der Waals surface area contributed by atoms with Gasteiger partial charge < -0.3 is 4.90 Å². The Kier molecular flexibility index (Phi) is 3.52. The van der Waals surface area contributed by atoms with Crippen molar-refractivity contribution in [3.63, 3.8) is 0 Å². The van der Waals surface area contributed by atoms with Crippen molar-refractivity contribution in [2.24, 2.45) is 11.8 Å². The summed E-state index contributed by atoms with van der Waals surface area (Å²) < 4.78 is 23.6. The molecule has 1 N–H and O–H groups in total. The lowest BCUT2D eigenvalue weighted by atomic mass is 10.2. The van der Waals surface area contributed by atoms with Crippen LogP contribution in [0.4, 0.5) is 0 Å². The highest BCUT2D eigenvalue weighted by Gasteiger charge is 2.39. The standard InChI is InChI=1S/C13H18ClN3O3S/c1-7-5-9(7)6-17(2)13(18)11-12(21(14,19)20)10(15-16-11)8-3-4-8/h7-9H,3-6H2,1-2H3,(H,15,16). The van der Waals surface area contributed by atoms with E-state index >= 15 is 0 Å². The number of H-pyrrole nitrogens is 1. The van der Waals surface area contributed by atoms with Crippen molar-refractivity contribution in [1.29, 1.82) is 0 Å². The summed E-state index contributed by atoms with van der Waals surface area (Å²) in [5.74, 6) is 0.849. The normalized spacial score (nSPS) is 24.9. The minimum atomic E-state index is -4.00. The molecule has 2 aliphatic rings. The zero-order chi connectivity index (χ0) is 15.4. The van der Waals surface area contributed by atoms with Gasteiger partial charge in [-0.1, -0.05) is 6.92 Å². The van der Waals surface area contributed by atoms with Gasteiger partial charge in [-0.3, -0.25) is 9.89 Å². The van der Waals surface area contributed by atoms with E-state index < -0.39 is 15.0 Å². The molecule has 8 heteroatoms. The highest BCUT2D eigenvalue weighted by molar-refractivity contribution is 8.13. The maximum atomic E-state index is 12.5. The van der Waals surface area contributed by atoms with Gasteiger partial charge in [0.2, 0.25) is 0 Å². The Morgan fingerprint density at radius 2 is 2.10 bits per heavy atom. The zero-order valence-electron chi connectivity index (χ0n) is 12.0. The van der Waals surface area contributed by atoms with Gasteiger partial charge in [-0.05, 0) is 31.1 Å². The van der Waals surface area contributed by atoms with Crippen LogP contribution < -0.4 is 0 Å². The Hall–Kier alpha value is -1.08. The van der Waals surface area contributed by atoms with E-state index in [1.807, 2.05) is 0 Å². The lowest BCUT2D eigenvalue weighted by Crippen LogP contribution is -2.30. The maximum Gasteiger partial charge on any atom is 0.275 e. The van der Waals surface area contributed by atoms with E-state index in [1.54, 1.807) is 7.05 Å². The second kappa shape index (κ2) is 4.98. The van der Waals surface area contributed by atoms with Crippen LogP contribution in [0, 0.1) is 11.8 Å². The number of aromatic amines is 1. The van der Waals surface area contributed by atoms with Crippen LogP contribution >= 0.6 is 10.7 Å². The summed E-state index contributed by atoms with van der Waals surface area (Å²) >= 11 is 0. The number of amides is 1. The van der Waals surface area contributed by atoms with Gasteiger partial charge in [0, 0.05) is 30.2 Å². The number of halogens is 1. The lowest BCUT2D eigenvalue weighted by molar-refractivity contribution is 0.0777. The zero-order valence-corrected chi connectivity index (χ0v) is 13.5. The van der Waals surface area contributed by atoms with Crippen molar-refractivity contribution in [3.8, 4) is 0 Å². The van der Waals surface area contributed by atoms with Gasteiger partial charge in [0.25, 0.3) is 15.0 Å². The fourth-order valence-corrected chi connectivity index (χ4v) is 3.96. The van der Waals surface area contributed by atoms with Gasteiger partial charge in [-0.25, -0.2) is 8.42 Å². The van der Waals surface area contributed by atoms with Crippen LogP contribution in [-0.2, 0) is 9.05 Å². The molecule has 116 valence electrons. The van der Waals surface area contributed by atoms with E-state index in [1.165, 1.54) is 4.90 Å². The molecule has 2 atom stereocenters. The van der Waals surface area contributed by atoms with Gasteiger partial charge in [0.15, 0.2) is 5.69 Å². The monoisotopic (exact) mass is 331 g/mol. The molecule has 3 rings (SSSR count). The molecule has 21 heavy (non-hydrogen) atoms. The highest BCUT2D eigenvalue weighted by atomic mass is 35.7. The van der Waals surface area contributed by atoms with Crippen LogP contribution in [0.2, 0.25) is 0 Å². The number of aromatic nitrogens is 2. The average Bonchev–Trinajstić information content (AvgIpc) is 3.29. The Balaban J connectivity index is 1.89. The van der Waals surface area contributed by atoms with E-state index in [2.05, 4.69) is 17.1 Å². The molecule has 1 heterocycles. The molecule has 1 amide bonds. The molecule has 2 aliphatic carbocycles. The predicted octanol–water partition coefficient (Wildman–Crippen LogP) is 1.94. The first-order chi connectivity index (χ1) is 9.79. The van der Waals surface area contributed by atoms with E-state index in [0.29, 0.717) is 24.1 Å². The summed E-state index contributed by atoms with van der Waals surface area (Å²) in [6.45, 7) is 2.75. The molecule has 2 fully saturated rings. The fraction of sp³-hybridized carbons (Fsp3) is 0.692. The average molecular weight is 332 g/mol. The molecule has 0 aromatic carbocycles. The summed E-state index contributed by atoms with van der Waals surface area (Å²) in [6, 6.07) is 0. The third-order valence-electron chi connectivity index (χ3n) is 4.31. The van der Waals surface area contributed by atoms with Gasteiger partial charge in [0.05, 0.1) is 5.69 Å². The fourth-order valence-electron chi connectivity index (χ4n) is 2.65. The number of hydrogen-bond acceptors (Lipinski definition) is 4. The van der Waals surface area contributed by atoms with Crippen molar-refractivity contribution in [1.82, 2.24) is 15.1 Å². The van der Waals surface area contributed by atoms with Gasteiger partial charge in [0.1, 0.15) is 4.90 Å². The molecule has 0 spiro atoms. The first-order valence-electron chi connectivity index (χ1n) is 7.07. The van der Waals surface area contributed by atoms with Crippen molar-refractivity contribution in [2.75, 3.05) is 13.6 Å². The molecular formula is C13H18ClN3O3S. The number of hydrogen-bond donors (Lipinski definition) is 1. The van der Waals surface area contributed by atoms with Crippen LogP contribution in [0.3, 0.4) is 0 Å². The second-order valence-electron chi connectivity index (χ2n) is 6.19. The first-order valence-corrected chi connectivity index (χ1v) is 9.38. The molecule has 2 saturated carbocycles. The number of carbonyl (C=O) groups excluding carboxylic acids is 1. The molecule has 0 saturated heterocycles. The Morgan fingerprint density at radius 1 is 1.48 bits per heavy atom. The van der Waals surface area contributed by atoms with Crippen LogP contribution in [0.1, 0.15) is 48.3 Å². The van der Waals surface area contributed by atoms with Crippen molar-refractivity contribution in [2.45, 2.75) is 37.0 Å². The third-order valence-corrected chi connectivity index (χ3v) is 5.67. The molecule has 0 bridgehead atoms. The molecule has 1 aromatic rings. The van der Waals surface area contributed by atoms with Gasteiger partial charge >= 0.3 is 0 Å². The Bertz CT molecular complexity index is 681. The van der Waals surface area contributed by atoms with Crippen molar-refractivity contribution in [3.05, 3.63) is 11.4 Å². The molecule has 2 unspecified atom stereocenters. The predicted molar refractivity (Wildman–Crippen MR) is 77.8 cm³/mol. The summed E-state index contributed by atoms with van der Waals surface area (Å²) in [4.78, 5) is 13.9. The van der Waals surface area contributed by atoms with Crippen LogP contribution in [0.5, 0.6) is 0 Å². The largest absolute Gasteiger partial charge is 0.340 e. The van der Waals surface area contributed by atoms with E-state index in [9.17, 15) is 13.2 Å². The quantitative estimate of drug-likeness (QED) is 0.836. The number of carbonyl (C=O) groups is 1. The van der Waals surface area contributed by atoms with Gasteiger partial charge in [-0.15, -0.1) is 0 Å². The lowest BCUT2D eigenvalue weighted by Gasteiger charge is -2.16. The summed E-state index contributed by atoms with van der Waals surface area (Å²) in [5.41, 5.74) is 0.393. The molecule has 6 nitrogen and oxygen atoms in total. The molecule has 1 aromatic heterocycles. The van der Waals surface area contributed by atoms with E-state index in [0.717, 1.165) is 19.3 Å². The SMILES string of the molecule is CC1CC1CN(C)C(=O)c1n[nH]c(C2CC2)c1S(=O)(=O)Cl. The Labute approximate surface area is 128 Å². The van der Waals surface area contributed by atoms with E-state index in [-0.39, 0.29) is 16.5 Å². The molecule has 0 radical (unpaired) electrons. The minimum Gasteiger partial charge on any atom is -0.340 e. The number of nitrogens with one attached hydrogen (secondary N) is 1. The first kappa shape index (κ1) is 14.8. The smallest absolute Gasteiger partial charge is 0.275 e. The Morgan fingerprint density at radius 3 is 2.57 bits per heavy atom. The number of rotatable bonds is 5. The van der Waals surface area contributed by atoms with Crippen LogP contribution in [0.15, 0.2) is 4.90 Å². The van der Waals surface area contributed by atoms with E-state index in [4.69, 9.17) is 10.7 Å². The molecular weight excluding hydrogens is 314 g/mol. The third kappa shape index (κ3) is 2.94. The minimum absolute atomic E-state index is 0.0808. The number of nitrogens with zero attached hydrogens (tertiary/aromatic N) is 2.